The molecule has 0 amide bonds. The van der Waals surface area contributed by atoms with Gasteiger partial charge in [0.05, 0.1) is 18.0 Å². The highest BCUT2D eigenvalue weighted by molar-refractivity contribution is 9.10. The van der Waals surface area contributed by atoms with E-state index in [0.717, 1.165) is 45.6 Å². The number of fused-ring (bicyclic) bond motifs is 2. The summed E-state index contributed by atoms with van der Waals surface area (Å²) in [6, 6.07) is 5.85. The highest BCUT2D eigenvalue weighted by atomic mass is 79.9. The highest BCUT2D eigenvalue weighted by Gasteiger charge is 2.22. The summed E-state index contributed by atoms with van der Waals surface area (Å²) in [7, 11) is 1.86. The van der Waals surface area contributed by atoms with E-state index < -0.39 is 0 Å². The van der Waals surface area contributed by atoms with Crippen molar-refractivity contribution in [2.24, 2.45) is 7.05 Å². The summed E-state index contributed by atoms with van der Waals surface area (Å²) >= 11 is 9.60. The molecule has 1 unspecified atom stereocenters. The minimum Gasteiger partial charge on any atom is -0.493 e. The van der Waals surface area contributed by atoms with Crippen LogP contribution in [0.5, 0.6) is 5.75 Å². The molecular formula is C16H15BrClN5O. The van der Waals surface area contributed by atoms with Gasteiger partial charge in [-0.05, 0) is 40.9 Å². The second kappa shape index (κ2) is 6.22. The third kappa shape index (κ3) is 2.71. The van der Waals surface area contributed by atoms with Gasteiger partial charge in [0.25, 0.3) is 0 Å². The maximum atomic E-state index is 6.10. The molecule has 4 rings (SSSR count). The first kappa shape index (κ1) is 15.7. The van der Waals surface area contributed by atoms with Crippen LogP contribution in [0, 0.1) is 0 Å². The maximum absolute atomic E-state index is 6.10. The fourth-order valence-corrected chi connectivity index (χ4v) is 3.78. The zero-order valence-electron chi connectivity index (χ0n) is 13.0. The van der Waals surface area contributed by atoms with Crippen molar-refractivity contribution in [3.8, 4) is 5.75 Å². The predicted molar refractivity (Wildman–Crippen MR) is 96.5 cm³/mol. The van der Waals surface area contributed by atoms with Crippen molar-refractivity contribution in [1.29, 1.82) is 0 Å². The van der Waals surface area contributed by atoms with Crippen LogP contribution in [0.4, 0.5) is 5.82 Å². The summed E-state index contributed by atoms with van der Waals surface area (Å²) in [4.78, 5) is 8.73. The Morgan fingerprint density at radius 3 is 3.12 bits per heavy atom. The van der Waals surface area contributed by atoms with E-state index in [4.69, 9.17) is 16.3 Å². The summed E-state index contributed by atoms with van der Waals surface area (Å²) in [5.74, 6) is 1.58. The van der Waals surface area contributed by atoms with Crippen molar-refractivity contribution >= 4 is 44.4 Å². The van der Waals surface area contributed by atoms with E-state index in [1.807, 2.05) is 25.2 Å². The topological polar surface area (TPSA) is 64.9 Å². The molecule has 0 spiro atoms. The number of halogens is 2. The second-order valence-electron chi connectivity index (χ2n) is 5.71. The lowest BCUT2D eigenvalue weighted by atomic mass is 10.0. The molecule has 0 saturated carbocycles. The molecule has 1 aliphatic heterocycles. The van der Waals surface area contributed by atoms with Crippen molar-refractivity contribution in [3.63, 3.8) is 0 Å². The Morgan fingerprint density at radius 2 is 2.25 bits per heavy atom. The van der Waals surface area contributed by atoms with Crippen LogP contribution >= 0.6 is 27.5 Å². The van der Waals surface area contributed by atoms with Gasteiger partial charge in [0.2, 0.25) is 0 Å². The number of nitrogens with one attached hydrogen (secondary N) is 1. The van der Waals surface area contributed by atoms with E-state index in [0.29, 0.717) is 11.6 Å². The van der Waals surface area contributed by atoms with Gasteiger partial charge >= 0.3 is 0 Å². The van der Waals surface area contributed by atoms with Crippen molar-refractivity contribution in [1.82, 2.24) is 19.7 Å². The number of nitrogens with zero attached hydrogens (tertiary/aromatic N) is 4. The molecular weight excluding hydrogens is 394 g/mol. The number of aromatic nitrogens is 4. The number of aryl methyl sites for hydroxylation is 1. The van der Waals surface area contributed by atoms with Gasteiger partial charge in [0.1, 0.15) is 22.5 Å². The zero-order chi connectivity index (χ0) is 16.7. The minimum atomic E-state index is 0.0879. The first-order valence-electron chi connectivity index (χ1n) is 7.65. The number of hydrogen-bond donors (Lipinski definition) is 1. The third-order valence-corrected chi connectivity index (χ3v) is 4.92. The van der Waals surface area contributed by atoms with Crippen LogP contribution in [-0.2, 0) is 7.05 Å². The largest absolute Gasteiger partial charge is 0.493 e. The van der Waals surface area contributed by atoms with Gasteiger partial charge < -0.3 is 10.1 Å². The van der Waals surface area contributed by atoms with Crippen LogP contribution in [0.25, 0.3) is 11.0 Å². The first-order chi connectivity index (χ1) is 11.6. The smallest absolute Gasteiger partial charge is 0.164 e. The maximum Gasteiger partial charge on any atom is 0.164 e. The monoisotopic (exact) mass is 407 g/mol. The fraction of sp³-hybridized carbons (Fsp3) is 0.312. The lowest BCUT2D eigenvalue weighted by Crippen LogP contribution is -2.12. The molecule has 24 heavy (non-hydrogen) atoms. The molecule has 6 nitrogen and oxygen atoms in total. The number of benzene rings is 1. The molecule has 0 radical (unpaired) electrons. The zero-order valence-corrected chi connectivity index (χ0v) is 15.3. The fourth-order valence-electron chi connectivity index (χ4n) is 3.01. The Kier molecular flexibility index (Phi) is 4.05. The average molecular weight is 409 g/mol. The minimum absolute atomic E-state index is 0.0879. The summed E-state index contributed by atoms with van der Waals surface area (Å²) < 4.78 is 8.29. The lowest BCUT2D eigenvalue weighted by molar-refractivity contribution is 0.316. The standard InChI is InChI=1S/C16H15BrClN5O/c1-23-16-13(14(17)22-23)15(19-8-20-16)21-11-3-2-6-24-12-7-9(18)4-5-10(11)12/h4-5,7-8,11H,2-3,6H2,1H3,(H,19,20,21). The SMILES string of the molecule is Cn1nc(Br)c2c(NC3CCCOc4cc(Cl)ccc43)ncnc21. The molecule has 8 heteroatoms. The highest BCUT2D eigenvalue weighted by Crippen LogP contribution is 2.37. The van der Waals surface area contributed by atoms with Gasteiger partial charge in [-0.15, -0.1) is 0 Å². The quantitative estimate of drug-likeness (QED) is 0.691. The van der Waals surface area contributed by atoms with Gasteiger partial charge in [0.15, 0.2) is 5.65 Å². The number of hydrogen-bond acceptors (Lipinski definition) is 5. The summed E-state index contributed by atoms with van der Waals surface area (Å²) in [6.07, 6.45) is 3.44. The van der Waals surface area contributed by atoms with Crippen molar-refractivity contribution in [3.05, 3.63) is 39.7 Å². The molecule has 3 heterocycles. The predicted octanol–water partition coefficient (Wildman–Crippen LogP) is 4.11. The van der Waals surface area contributed by atoms with Crippen LogP contribution in [0.1, 0.15) is 24.4 Å². The van der Waals surface area contributed by atoms with Gasteiger partial charge in [-0.2, -0.15) is 5.10 Å². The number of anilines is 1. The molecule has 1 N–H and O–H groups in total. The van der Waals surface area contributed by atoms with Crippen LogP contribution in [0.3, 0.4) is 0 Å². The van der Waals surface area contributed by atoms with E-state index in [-0.39, 0.29) is 6.04 Å². The Labute approximate surface area is 152 Å². The Balaban J connectivity index is 1.76. The van der Waals surface area contributed by atoms with Gasteiger partial charge in [-0.3, -0.25) is 0 Å². The third-order valence-electron chi connectivity index (χ3n) is 4.13. The molecule has 0 bridgehead atoms. The van der Waals surface area contributed by atoms with Crippen molar-refractivity contribution < 1.29 is 4.74 Å². The van der Waals surface area contributed by atoms with E-state index in [1.165, 1.54) is 0 Å². The Morgan fingerprint density at radius 1 is 1.38 bits per heavy atom. The van der Waals surface area contributed by atoms with Crippen LogP contribution in [0.15, 0.2) is 29.1 Å². The average Bonchev–Trinajstić information content (AvgIpc) is 2.74. The molecule has 1 aliphatic rings. The molecule has 1 aromatic carbocycles. The summed E-state index contributed by atoms with van der Waals surface area (Å²) in [6.45, 7) is 0.682. The second-order valence-corrected chi connectivity index (χ2v) is 6.89. The molecule has 2 aromatic heterocycles. The van der Waals surface area contributed by atoms with Crippen LogP contribution in [-0.4, -0.2) is 26.4 Å². The van der Waals surface area contributed by atoms with Crippen LogP contribution < -0.4 is 10.1 Å². The molecule has 3 aromatic rings. The van der Waals surface area contributed by atoms with Gasteiger partial charge in [-0.25, -0.2) is 14.6 Å². The van der Waals surface area contributed by atoms with E-state index in [2.05, 4.69) is 36.3 Å². The van der Waals surface area contributed by atoms with Crippen molar-refractivity contribution in [2.45, 2.75) is 18.9 Å². The number of ether oxygens (including phenoxy) is 1. The van der Waals surface area contributed by atoms with E-state index >= 15 is 0 Å². The molecule has 0 aliphatic carbocycles. The van der Waals surface area contributed by atoms with Crippen LogP contribution in [0.2, 0.25) is 5.02 Å². The molecule has 0 saturated heterocycles. The van der Waals surface area contributed by atoms with Gasteiger partial charge in [-0.1, -0.05) is 17.7 Å². The summed E-state index contributed by atoms with van der Waals surface area (Å²) in [5.41, 5.74) is 1.87. The lowest BCUT2D eigenvalue weighted by Gasteiger charge is -2.19. The van der Waals surface area contributed by atoms with E-state index in [9.17, 15) is 0 Å². The Bertz CT molecular complexity index is 913. The molecule has 1 atom stereocenters. The normalized spacial score (nSPS) is 17.2. The first-order valence-corrected chi connectivity index (χ1v) is 8.82. The Hall–Kier alpha value is -1.86. The molecule has 0 fully saturated rings. The van der Waals surface area contributed by atoms with Crippen molar-refractivity contribution in [2.75, 3.05) is 11.9 Å². The summed E-state index contributed by atoms with van der Waals surface area (Å²) in [5, 5.41) is 9.45. The van der Waals surface area contributed by atoms with Gasteiger partial charge in [0, 0.05) is 17.6 Å². The molecule has 124 valence electrons. The number of rotatable bonds is 2. The van der Waals surface area contributed by atoms with E-state index in [1.54, 1.807) is 11.0 Å².